The number of rotatable bonds is 4. The summed E-state index contributed by atoms with van der Waals surface area (Å²) in [5, 5.41) is 22.5. The van der Waals surface area contributed by atoms with E-state index in [1.165, 1.54) is 12.1 Å². The zero-order valence-corrected chi connectivity index (χ0v) is 11.7. The molecule has 0 aliphatic carbocycles. The van der Waals surface area contributed by atoms with Crippen molar-refractivity contribution in [2.45, 2.75) is 19.4 Å². The zero-order valence-electron chi connectivity index (χ0n) is 11.7. The van der Waals surface area contributed by atoms with Gasteiger partial charge in [-0.15, -0.1) is 0 Å². The Morgan fingerprint density at radius 1 is 1.43 bits per heavy atom. The van der Waals surface area contributed by atoms with Crippen LogP contribution in [0.25, 0.3) is 0 Å². The van der Waals surface area contributed by atoms with Crippen molar-refractivity contribution in [1.29, 1.82) is 0 Å². The number of hydrogen-bond donors (Lipinski definition) is 2. The van der Waals surface area contributed by atoms with E-state index in [-0.39, 0.29) is 30.8 Å². The molecule has 2 rings (SSSR count). The number of piperidine rings is 1. The lowest BCUT2D eigenvalue weighted by Crippen LogP contribution is -2.44. The van der Waals surface area contributed by atoms with Gasteiger partial charge in [-0.05, 0) is 24.3 Å². The molecule has 1 aromatic carbocycles. The van der Waals surface area contributed by atoms with Gasteiger partial charge in [0.2, 0.25) is 0 Å². The van der Waals surface area contributed by atoms with Crippen LogP contribution in [0.4, 0.5) is 10.5 Å². The van der Waals surface area contributed by atoms with Crippen molar-refractivity contribution in [3.05, 3.63) is 39.9 Å². The first-order valence-electron chi connectivity index (χ1n) is 6.97. The lowest BCUT2D eigenvalue weighted by atomic mass is 9.98. The third kappa shape index (κ3) is 4.16. The molecule has 0 radical (unpaired) electrons. The molecule has 1 aromatic rings. The number of urea groups is 1. The monoisotopic (exact) mass is 293 g/mol. The number of nitrogens with one attached hydrogen (secondary N) is 1. The molecule has 1 aliphatic rings. The van der Waals surface area contributed by atoms with E-state index in [2.05, 4.69) is 5.32 Å². The van der Waals surface area contributed by atoms with Crippen LogP contribution in [0.3, 0.4) is 0 Å². The van der Waals surface area contributed by atoms with Gasteiger partial charge in [0.1, 0.15) is 0 Å². The van der Waals surface area contributed by atoms with Gasteiger partial charge in [-0.3, -0.25) is 10.1 Å². The van der Waals surface area contributed by atoms with E-state index in [1.54, 1.807) is 17.0 Å². The Hall–Kier alpha value is -2.15. The van der Waals surface area contributed by atoms with Crippen LogP contribution in [0.2, 0.25) is 0 Å². The molecule has 0 aromatic heterocycles. The smallest absolute Gasteiger partial charge is 0.317 e. The number of nitro benzene ring substituents is 1. The van der Waals surface area contributed by atoms with Gasteiger partial charge >= 0.3 is 6.03 Å². The first kappa shape index (κ1) is 15.2. The highest BCUT2D eigenvalue weighted by Gasteiger charge is 2.21. The van der Waals surface area contributed by atoms with E-state index in [0.29, 0.717) is 18.7 Å². The van der Waals surface area contributed by atoms with E-state index < -0.39 is 4.92 Å². The molecule has 21 heavy (non-hydrogen) atoms. The first-order chi connectivity index (χ1) is 10.1. The van der Waals surface area contributed by atoms with E-state index in [9.17, 15) is 14.9 Å². The number of likely N-dealkylation sites (tertiary alicyclic amines) is 1. The summed E-state index contributed by atoms with van der Waals surface area (Å²) in [7, 11) is 0. The molecular weight excluding hydrogens is 274 g/mol. The molecule has 7 heteroatoms. The Balaban J connectivity index is 1.84. The zero-order chi connectivity index (χ0) is 15.2. The predicted octanol–water partition coefficient (Wildman–Crippen LogP) is 1.51. The maximum absolute atomic E-state index is 12.0. The Morgan fingerprint density at radius 2 is 2.14 bits per heavy atom. The number of carbonyl (C=O) groups excluding carboxylic acids is 1. The minimum atomic E-state index is -0.453. The molecule has 2 N–H and O–H groups in total. The van der Waals surface area contributed by atoms with E-state index >= 15 is 0 Å². The number of aliphatic hydroxyl groups is 1. The molecule has 0 spiro atoms. The summed E-state index contributed by atoms with van der Waals surface area (Å²) in [5.41, 5.74) is 0.716. The standard InChI is InChI=1S/C14H19N3O4/c18-10-11-4-6-16(7-5-11)14(19)15-9-12-2-1-3-13(8-12)17(20)21/h1-3,8,11,18H,4-7,9-10H2,(H,15,19). The molecule has 0 unspecified atom stereocenters. The van der Waals surface area contributed by atoms with Gasteiger partial charge in [-0.25, -0.2) is 4.79 Å². The second-order valence-corrected chi connectivity index (χ2v) is 5.20. The van der Waals surface area contributed by atoms with Crippen molar-refractivity contribution in [2.24, 2.45) is 5.92 Å². The summed E-state index contributed by atoms with van der Waals surface area (Å²) < 4.78 is 0. The maximum Gasteiger partial charge on any atom is 0.317 e. The van der Waals surface area contributed by atoms with Gasteiger partial charge in [0, 0.05) is 38.4 Å². The lowest BCUT2D eigenvalue weighted by Gasteiger charge is -2.31. The summed E-state index contributed by atoms with van der Waals surface area (Å²) in [6.07, 6.45) is 1.61. The molecule has 1 aliphatic heterocycles. The van der Waals surface area contributed by atoms with Crippen LogP contribution in [0.5, 0.6) is 0 Å². The fourth-order valence-electron chi connectivity index (χ4n) is 2.39. The fraction of sp³-hybridized carbons (Fsp3) is 0.500. The van der Waals surface area contributed by atoms with Crippen LogP contribution in [0, 0.1) is 16.0 Å². The van der Waals surface area contributed by atoms with Gasteiger partial charge in [0.25, 0.3) is 5.69 Å². The fourth-order valence-corrected chi connectivity index (χ4v) is 2.39. The summed E-state index contributed by atoms with van der Waals surface area (Å²) in [6.45, 7) is 1.70. The second-order valence-electron chi connectivity index (χ2n) is 5.20. The summed E-state index contributed by atoms with van der Waals surface area (Å²) >= 11 is 0. The predicted molar refractivity (Wildman–Crippen MR) is 76.7 cm³/mol. The SMILES string of the molecule is O=C(NCc1cccc([N+](=O)[O-])c1)N1CCC(CO)CC1. The van der Waals surface area contributed by atoms with Crippen LogP contribution in [0.15, 0.2) is 24.3 Å². The highest BCUT2D eigenvalue weighted by molar-refractivity contribution is 5.74. The van der Waals surface area contributed by atoms with Crippen LogP contribution in [-0.2, 0) is 6.54 Å². The Bertz CT molecular complexity index is 513. The summed E-state index contributed by atoms with van der Waals surface area (Å²) in [4.78, 5) is 23.9. The number of non-ortho nitro benzene ring substituents is 1. The van der Waals surface area contributed by atoms with Gasteiger partial charge in [0.05, 0.1) is 4.92 Å². The molecule has 0 atom stereocenters. The summed E-state index contributed by atoms with van der Waals surface area (Å²) in [5.74, 6) is 0.283. The van der Waals surface area contributed by atoms with Crippen molar-refractivity contribution >= 4 is 11.7 Å². The van der Waals surface area contributed by atoms with E-state index in [0.717, 1.165) is 12.8 Å². The average molecular weight is 293 g/mol. The lowest BCUT2D eigenvalue weighted by molar-refractivity contribution is -0.384. The number of benzene rings is 1. The Morgan fingerprint density at radius 3 is 2.76 bits per heavy atom. The number of hydrogen-bond acceptors (Lipinski definition) is 4. The van der Waals surface area contributed by atoms with Crippen LogP contribution in [0.1, 0.15) is 18.4 Å². The van der Waals surface area contributed by atoms with Crippen molar-refractivity contribution in [1.82, 2.24) is 10.2 Å². The quantitative estimate of drug-likeness (QED) is 0.649. The highest BCUT2D eigenvalue weighted by Crippen LogP contribution is 2.17. The second kappa shape index (κ2) is 7.03. The third-order valence-electron chi connectivity index (χ3n) is 3.73. The third-order valence-corrected chi connectivity index (χ3v) is 3.73. The Kier molecular flexibility index (Phi) is 5.10. The van der Waals surface area contributed by atoms with Gasteiger partial charge < -0.3 is 15.3 Å². The Labute approximate surface area is 122 Å². The van der Waals surface area contributed by atoms with Gasteiger partial charge in [0.15, 0.2) is 0 Å². The molecule has 0 saturated carbocycles. The topological polar surface area (TPSA) is 95.7 Å². The van der Waals surface area contributed by atoms with E-state index in [4.69, 9.17) is 5.11 Å². The van der Waals surface area contributed by atoms with Crippen LogP contribution in [-0.4, -0.2) is 40.7 Å². The van der Waals surface area contributed by atoms with Crippen molar-refractivity contribution in [2.75, 3.05) is 19.7 Å². The van der Waals surface area contributed by atoms with Crippen molar-refractivity contribution < 1.29 is 14.8 Å². The number of nitro groups is 1. The first-order valence-corrected chi connectivity index (χ1v) is 6.97. The van der Waals surface area contributed by atoms with Crippen molar-refractivity contribution in [3.8, 4) is 0 Å². The average Bonchev–Trinajstić information content (AvgIpc) is 2.53. The largest absolute Gasteiger partial charge is 0.396 e. The number of aliphatic hydroxyl groups excluding tert-OH is 1. The molecule has 114 valence electrons. The van der Waals surface area contributed by atoms with E-state index in [1.807, 2.05) is 0 Å². The molecule has 1 heterocycles. The van der Waals surface area contributed by atoms with Crippen LogP contribution >= 0.6 is 0 Å². The molecule has 7 nitrogen and oxygen atoms in total. The van der Waals surface area contributed by atoms with Crippen LogP contribution < -0.4 is 5.32 Å². The molecule has 2 amide bonds. The van der Waals surface area contributed by atoms with Crippen molar-refractivity contribution in [3.63, 3.8) is 0 Å². The molecule has 0 bridgehead atoms. The number of nitrogens with zero attached hydrogens (tertiary/aromatic N) is 2. The van der Waals surface area contributed by atoms with Gasteiger partial charge in [-0.1, -0.05) is 12.1 Å². The number of carbonyl (C=O) groups is 1. The van der Waals surface area contributed by atoms with Gasteiger partial charge in [-0.2, -0.15) is 0 Å². The summed E-state index contributed by atoms with van der Waals surface area (Å²) in [6, 6.07) is 6.05. The minimum Gasteiger partial charge on any atom is -0.396 e. The molecule has 1 saturated heterocycles. The minimum absolute atomic E-state index is 0.0190. The normalized spacial score (nSPS) is 15.8. The highest BCUT2D eigenvalue weighted by atomic mass is 16.6. The number of amides is 2. The molecule has 1 fully saturated rings. The maximum atomic E-state index is 12.0. The molecular formula is C14H19N3O4.